The van der Waals surface area contributed by atoms with Crippen molar-refractivity contribution in [3.05, 3.63) is 23.7 Å². The fourth-order valence-corrected chi connectivity index (χ4v) is 2.15. The molecule has 0 radical (unpaired) electrons. The Kier molecular flexibility index (Phi) is 2.92. The molecule has 17 heavy (non-hydrogen) atoms. The number of nitrogens with zero attached hydrogens (tertiary/aromatic N) is 1. The molecule has 0 saturated heterocycles. The van der Waals surface area contributed by atoms with Crippen LogP contribution in [-0.2, 0) is 19.1 Å². The summed E-state index contributed by atoms with van der Waals surface area (Å²) in [5, 5.41) is 3.81. The molecule has 1 unspecified atom stereocenters. The maximum atomic E-state index is 11.9. The first-order valence-corrected chi connectivity index (χ1v) is 5.50. The second-order valence-electron chi connectivity index (χ2n) is 4.00. The maximum Gasteiger partial charge on any atom is 0.351 e. The standard InChI is InChI=1S/C12H15NO4/c1-4-5-12-7-9(16-3)8(15-2)6-10(12)13-17-11(12)14/h6-7H,4-5H2,1-3H3. The van der Waals surface area contributed by atoms with Crippen molar-refractivity contribution >= 4 is 11.7 Å². The summed E-state index contributed by atoms with van der Waals surface area (Å²) in [7, 11) is 3.09. The van der Waals surface area contributed by atoms with Gasteiger partial charge in [-0.2, -0.15) is 0 Å². The molecule has 0 aromatic carbocycles. The summed E-state index contributed by atoms with van der Waals surface area (Å²) in [6, 6.07) is 0. The molecule has 1 heterocycles. The summed E-state index contributed by atoms with van der Waals surface area (Å²) in [6.07, 6.45) is 4.92. The summed E-state index contributed by atoms with van der Waals surface area (Å²) < 4.78 is 10.4. The molecule has 1 aliphatic heterocycles. The van der Waals surface area contributed by atoms with E-state index in [9.17, 15) is 4.79 Å². The van der Waals surface area contributed by atoms with Crippen LogP contribution in [0.1, 0.15) is 19.8 Å². The first kappa shape index (κ1) is 11.7. The van der Waals surface area contributed by atoms with Gasteiger partial charge in [0.25, 0.3) is 0 Å². The Bertz CT molecular complexity index is 436. The first-order valence-electron chi connectivity index (χ1n) is 5.50. The van der Waals surface area contributed by atoms with Crippen molar-refractivity contribution in [1.29, 1.82) is 0 Å². The lowest BCUT2D eigenvalue weighted by atomic mass is 9.76. The first-order chi connectivity index (χ1) is 8.17. The number of allylic oxidation sites excluding steroid dienone is 1. The van der Waals surface area contributed by atoms with Crippen molar-refractivity contribution in [3.63, 3.8) is 0 Å². The molecule has 0 aromatic rings. The normalized spacial score (nSPS) is 26.5. The Morgan fingerprint density at radius 3 is 2.65 bits per heavy atom. The molecular weight excluding hydrogens is 222 g/mol. The van der Waals surface area contributed by atoms with E-state index in [-0.39, 0.29) is 5.97 Å². The van der Waals surface area contributed by atoms with Gasteiger partial charge in [-0.3, -0.25) is 0 Å². The molecular formula is C12H15NO4. The van der Waals surface area contributed by atoms with Crippen LogP contribution in [0.4, 0.5) is 0 Å². The minimum absolute atomic E-state index is 0.352. The zero-order valence-corrected chi connectivity index (χ0v) is 10.1. The van der Waals surface area contributed by atoms with Gasteiger partial charge in [0.2, 0.25) is 0 Å². The Balaban J connectivity index is 2.48. The highest BCUT2D eigenvalue weighted by atomic mass is 16.7. The molecule has 0 N–H and O–H groups in total. The van der Waals surface area contributed by atoms with Crippen LogP contribution >= 0.6 is 0 Å². The Labute approximate surface area is 99.7 Å². The minimum atomic E-state index is -0.803. The van der Waals surface area contributed by atoms with E-state index in [1.165, 1.54) is 0 Å². The summed E-state index contributed by atoms with van der Waals surface area (Å²) in [6.45, 7) is 2.01. The van der Waals surface area contributed by atoms with Gasteiger partial charge in [-0.25, -0.2) is 4.79 Å². The van der Waals surface area contributed by atoms with E-state index >= 15 is 0 Å². The summed E-state index contributed by atoms with van der Waals surface area (Å²) in [4.78, 5) is 16.7. The molecule has 2 aliphatic rings. The highest BCUT2D eigenvalue weighted by molar-refractivity contribution is 6.17. The second-order valence-corrected chi connectivity index (χ2v) is 4.00. The van der Waals surface area contributed by atoms with Gasteiger partial charge in [-0.05, 0) is 12.5 Å². The van der Waals surface area contributed by atoms with Crippen LogP contribution < -0.4 is 0 Å². The lowest BCUT2D eigenvalue weighted by Crippen LogP contribution is -2.35. The van der Waals surface area contributed by atoms with Crippen molar-refractivity contribution < 1.29 is 19.1 Å². The van der Waals surface area contributed by atoms with Crippen LogP contribution in [-0.4, -0.2) is 25.9 Å². The zero-order valence-electron chi connectivity index (χ0n) is 10.1. The molecule has 1 atom stereocenters. The molecule has 5 heteroatoms. The summed E-state index contributed by atoms with van der Waals surface area (Å²) in [5.74, 6) is 0.741. The van der Waals surface area contributed by atoms with E-state index in [0.29, 0.717) is 23.7 Å². The predicted octanol–water partition coefficient (Wildman–Crippen LogP) is 1.76. The monoisotopic (exact) mass is 237 g/mol. The average Bonchev–Trinajstić information content (AvgIpc) is 2.65. The van der Waals surface area contributed by atoms with Crippen molar-refractivity contribution in [2.45, 2.75) is 19.8 Å². The third-order valence-corrected chi connectivity index (χ3v) is 3.02. The Morgan fingerprint density at radius 2 is 2.06 bits per heavy atom. The molecule has 1 aliphatic carbocycles. The lowest BCUT2D eigenvalue weighted by molar-refractivity contribution is -0.146. The third kappa shape index (κ3) is 1.62. The van der Waals surface area contributed by atoms with Gasteiger partial charge in [-0.15, -0.1) is 0 Å². The fourth-order valence-electron chi connectivity index (χ4n) is 2.15. The van der Waals surface area contributed by atoms with Crippen molar-refractivity contribution in [2.24, 2.45) is 10.6 Å². The molecule has 0 fully saturated rings. The van der Waals surface area contributed by atoms with Gasteiger partial charge in [-0.1, -0.05) is 18.5 Å². The predicted molar refractivity (Wildman–Crippen MR) is 61.1 cm³/mol. The maximum absolute atomic E-state index is 11.9. The number of oxime groups is 1. The largest absolute Gasteiger partial charge is 0.493 e. The van der Waals surface area contributed by atoms with Gasteiger partial charge >= 0.3 is 5.97 Å². The number of hydrogen-bond acceptors (Lipinski definition) is 5. The number of hydrogen-bond donors (Lipinski definition) is 0. The van der Waals surface area contributed by atoms with E-state index in [4.69, 9.17) is 14.3 Å². The average molecular weight is 237 g/mol. The van der Waals surface area contributed by atoms with Crippen molar-refractivity contribution in [1.82, 2.24) is 0 Å². The van der Waals surface area contributed by atoms with Crippen molar-refractivity contribution in [3.8, 4) is 0 Å². The van der Waals surface area contributed by atoms with Gasteiger partial charge < -0.3 is 14.3 Å². The number of fused-ring (bicyclic) bond motifs is 1. The fraction of sp³-hybridized carbons (Fsp3) is 0.500. The van der Waals surface area contributed by atoms with Gasteiger partial charge in [0.05, 0.1) is 14.2 Å². The van der Waals surface area contributed by atoms with Gasteiger partial charge in [0, 0.05) is 6.08 Å². The van der Waals surface area contributed by atoms with Crippen LogP contribution in [0, 0.1) is 5.41 Å². The molecule has 0 bridgehead atoms. The number of methoxy groups -OCH3 is 2. The van der Waals surface area contributed by atoms with E-state index < -0.39 is 5.41 Å². The zero-order chi connectivity index (χ0) is 12.5. The molecule has 5 nitrogen and oxygen atoms in total. The number of carbonyl (C=O) groups excluding carboxylic acids is 1. The Hall–Kier alpha value is -1.78. The van der Waals surface area contributed by atoms with E-state index in [1.807, 2.05) is 6.92 Å². The molecule has 92 valence electrons. The molecule has 0 saturated carbocycles. The quantitative estimate of drug-likeness (QED) is 0.699. The number of rotatable bonds is 4. The number of carbonyl (C=O) groups is 1. The summed E-state index contributed by atoms with van der Waals surface area (Å²) in [5.41, 5.74) is -0.218. The van der Waals surface area contributed by atoms with E-state index in [2.05, 4.69) is 5.16 Å². The smallest absolute Gasteiger partial charge is 0.351 e. The lowest BCUT2D eigenvalue weighted by Gasteiger charge is -2.26. The van der Waals surface area contributed by atoms with Crippen LogP contribution in [0.25, 0.3) is 0 Å². The van der Waals surface area contributed by atoms with E-state index in [1.54, 1.807) is 26.4 Å². The molecule has 0 aromatic heterocycles. The Morgan fingerprint density at radius 1 is 1.35 bits per heavy atom. The highest BCUT2D eigenvalue weighted by Crippen LogP contribution is 2.40. The van der Waals surface area contributed by atoms with Gasteiger partial charge in [0.15, 0.2) is 11.5 Å². The second kappa shape index (κ2) is 4.24. The topological polar surface area (TPSA) is 57.1 Å². The number of ether oxygens (including phenoxy) is 2. The highest BCUT2D eigenvalue weighted by Gasteiger charge is 2.49. The summed E-state index contributed by atoms with van der Waals surface area (Å²) >= 11 is 0. The van der Waals surface area contributed by atoms with E-state index in [0.717, 1.165) is 6.42 Å². The van der Waals surface area contributed by atoms with Crippen LogP contribution in [0.15, 0.2) is 28.8 Å². The van der Waals surface area contributed by atoms with Crippen molar-refractivity contribution in [2.75, 3.05) is 14.2 Å². The van der Waals surface area contributed by atoms with Crippen LogP contribution in [0.2, 0.25) is 0 Å². The van der Waals surface area contributed by atoms with Gasteiger partial charge in [0.1, 0.15) is 11.1 Å². The van der Waals surface area contributed by atoms with Crippen LogP contribution in [0.5, 0.6) is 0 Å². The minimum Gasteiger partial charge on any atom is -0.493 e. The SMILES string of the molecule is CCCC12C=C(OC)C(OC)=CC1=NOC2=O. The third-order valence-electron chi connectivity index (χ3n) is 3.02. The molecule has 0 amide bonds. The molecule has 0 spiro atoms. The molecule has 2 rings (SSSR count). The van der Waals surface area contributed by atoms with Crippen LogP contribution in [0.3, 0.4) is 0 Å².